The largest absolute Gasteiger partial charge is 0.341 e. The SMILES string of the molecule is CCN(CC(C)(C)CN)c1nc(C)cc(C)n1. The molecule has 0 bridgehead atoms. The lowest BCUT2D eigenvalue weighted by Gasteiger charge is -2.31. The molecule has 0 atom stereocenters. The number of anilines is 1. The quantitative estimate of drug-likeness (QED) is 0.848. The highest BCUT2D eigenvalue weighted by molar-refractivity contribution is 5.32. The molecule has 0 saturated carbocycles. The van der Waals surface area contributed by atoms with E-state index in [0.717, 1.165) is 30.4 Å². The van der Waals surface area contributed by atoms with Crippen LogP contribution in [0.5, 0.6) is 0 Å². The van der Waals surface area contributed by atoms with Gasteiger partial charge in [0.2, 0.25) is 5.95 Å². The minimum Gasteiger partial charge on any atom is -0.341 e. The summed E-state index contributed by atoms with van der Waals surface area (Å²) in [6, 6.07) is 1.99. The molecule has 0 fully saturated rings. The van der Waals surface area contributed by atoms with Gasteiger partial charge in [-0.25, -0.2) is 9.97 Å². The highest BCUT2D eigenvalue weighted by Gasteiger charge is 2.21. The Balaban J connectivity index is 2.93. The third kappa shape index (κ3) is 3.97. The molecule has 0 aliphatic rings. The number of aromatic nitrogens is 2. The first-order valence-electron chi connectivity index (χ1n) is 6.15. The van der Waals surface area contributed by atoms with Crippen molar-refractivity contribution in [3.8, 4) is 0 Å². The second kappa shape index (κ2) is 5.45. The highest BCUT2D eigenvalue weighted by Crippen LogP contribution is 2.18. The summed E-state index contributed by atoms with van der Waals surface area (Å²) in [5.74, 6) is 0.812. The van der Waals surface area contributed by atoms with Crippen molar-refractivity contribution in [2.24, 2.45) is 11.1 Å². The van der Waals surface area contributed by atoms with Crippen molar-refractivity contribution in [2.45, 2.75) is 34.6 Å². The Morgan fingerprint density at radius 3 is 2.18 bits per heavy atom. The molecule has 17 heavy (non-hydrogen) atoms. The second-order valence-electron chi connectivity index (χ2n) is 5.33. The molecule has 0 spiro atoms. The summed E-state index contributed by atoms with van der Waals surface area (Å²) in [6.45, 7) is 12.9. The third-order valence-corrected chi connectivity index (χ3v) is 2.81. The summed E-state index contributed by atoms with van der Waals surface area (Å²) in [5.41, 5.74) is 7.88. The van der Waals surface area contributed by atoms with Crippen LogP contribution in [0.25, 0.3) is 0 Å². The zero-order chi connectivity index (χ0) is 13.1. The Labute approximate surface area is 104 Å². The van der Waals surface area contributed by atoms with Gasteiger partial charge in [-0.05, 0) is 38.8 Å². The molecule has 0 aliphatic heterocycles. The van der Waals surface area contributed by atoms with E-state index in [2.05, 4.69) is 35.6 Å². The fourth-order valence-electron chi connectivity index (χ4n) is 1.75. The Morgan fingerprint density at radius 2 is 1.76 bits per heavy atom. The normalized spacial score (nSPS) is 11.6. The van der Waals surface area contributed by atoms with E-state index in [-0.39, 0.29) is 5.41 Å². The van der Waals surface area contributed by atoms with Crippen molar-refractivity contribution < 1.29 is 0 Å². The lowest BCUT2D eigenvalue weighted by atomic mass is 9.93. The summed E-state index contributed by atoms with van der Waals surface area (Å²) in [6.07, 6.45) is 0. The predicted molar refractivity (Wildman–Crippen MR) is 72.2 cm³/mol. The zero-order valence-corrected chi connectivity index (χ0v) is 11.6. The molecule has 1 aromatic rings. The summed E-state index contributed by atoms with van der Waals surface area (Å²) in [5, 5.41) is 0. The maximum Gasteiger partial charge on any atom is 0.225 e. The monoisotopic (exact) mass is 236 g/mol. The fraction of sp³-hybridized carbons (Fsp3) is 0.692. The zero-order valence-electron chi connectivity index (χ0n) is 11.6. The Hall–Kier alpha value is -1.16. The van der Waals surface area contributed by atoms with E-state index in [1.807, 2.05) is 19.9 Å². The lowest BCUT2D eigenvalue weighted by Crippen LogP contribution is -2.39. The molecule has 1 aromatic heterocycles. The molecule has 1 rings (SSSR count). The molecule has 0 radical (unpaired) electrons. The average Bonchev–Trinajstić information content (AvgIpc) is 2.24. The first-order valence-corrected chi connectivity index (χ1v) is 6.15. The number of nitrogens with two attached hydrogens (primary N) is 1. The smallest absolute Gasteiger partial charge is 0.225 e. The lowest BCUT2D eigenvalue weighted by molar-refractivity contribution is 0.377. The van der Waals surface area contributed by atoms with E-state index in [4.69, 9.17) is 5.73 Å². The van der Waals surface area contributed by atoms with Crippen LogP contribution in [0.15, 0.2) is 6.07 Å². The minimum absolute atomic E-state index is 0.0804. The van der Waals surface area contributed by atoms with Gasteiger partial charge in [-0.2, -0.15) is 0 Å². The van der Waals surface area contributed by atoms with Crippen LogP contribution in [0.2, 0.25) is 0 Å². The van der Waals surface area contributed by atoms with Gasteiger partial charge in [0.25, 0.3) is 0 Å². The summed E-state index contributed by atoms with van der Waals surface area (Å²) >= 11 is 0. The number of hydrogen-bond donors (Lipinski definition) is 1. The maximum absolute atomic E-state index is 5.78. The topological polar surface area (TPSA) is 55.0 Å². The predicted octanol–water partition coefficient (Wildman–Crippen LogP) is 1.90. The van der Waals surface area contributed by atoms with Gasteiger partial charge in [-0.15, -0.1) is 0 Å². The number of aryl methyl sites for hydroxylation is 2. The Morgan fingerprint density at radius 1 is 1.24 bits per heavy atom. The molecule has 96 valence electrons. The van der Waals surface area contributed by atoms with Crippen LogP contribution in [0.4, 0.5) is 5.95 Å². The van der Waals surface area contributed by atoms with Crippen LogP contribution in [0.3, 0.4) is 0 Å². The molecule has 4 nitrogen and oxygen atoms in total. The van der Waals surface area contributed by atoms with Crippen molar-refractivity contribution >= 4 is 5.95 Å². The number of rotatable bonds is 5. The number of nitrogens with zero attached hydrogens (tertiary/aromatic N) is 3. The van der Waals surface area contributed by atoms with E-state index in [1.165, 1.54) is 0 Å². The third-order valence-electron chi connectivity index (χ3n) is 2.81. The van der Waals surface area contributed by atoms with Gasteiger partial charge in [0, 0.05) is 24.5 Å². The first kappa shape index (κ1) is 13.9. The van der Waals surface area contributed by atoms with Crippen LogP contribution >= 0.6 is 0 Å². The van der Waals surface area contributed by atoms with Crippen LogP contribution in [-0.4, -0.2) is 29.6 Å². The molecule has 0 aromatic carbocycles. The summed E-state index contributed by atoms with van der Waals surface area (Å²) < 4.78 is 0. The molecule has 1 heterocycles. The van der Waals surface area contributed by atoms with Crippen molar-refractivity contribution in [3.05, 3.63) is 17.5 Å². The van der Waals surface area contributed by atoms with Gasteiger partial charge in [-0.3, -0.25) is 0 Å². The minimum atomic E-state index is 0.0804. The average molecular weight is 236 g/mol. The first-order chi connectivity index (χ1) is 7.88. The van der Waals surface area contributed by atoms with E-state index in [0.29, 0.717) is 6.54 Å². The number of hydrogen-bond acceptors (Lipinski definition) is 4. The van der Waals surface area contributed by atoms with Crippen LogP contribution in [0, 0.1) is 19.3 Å². The van der Waals surface area contributed by atoms with Crippen LogP contribution in [-0.2, 0) is 0 Å². The van der Waals surface area contributed by atoms with Gasteiger partial charge in [0.15, 0.2) is 0 Å². The molecular weight excluding hydrogens is 212 g/mol. The molecule has 2 N–H and O–H groups in total. The molecular formula is C13H24N4. The van der Waals surface area contributed by atoms with Gasteiger partial charge in [0.05, 0.1) is 0 Å². The highest BCUT2D eigenvalue weighted by atomic mass is 15.3. The van der Waals surface area contributed by atoms with E-state index < -0.39 is 0 Å². The van der Waals surface area contributed by atoms with Crippen molar-refractivity contribution in [2.75, 3.05) is 24.5 Å². The molecule has 4 heteroatoms. The van der Waals surface area contributed by atoms with E-state index in [9.17, 15) is 0 Å². The van der Waals surface area contributed by atoms with Gasteiger partial charge >= 0.3 is 0 Å². The summed E-state index contributed by atoms with van der Waals surface area (Å²) in [7, 11) is 0. The Bertz CT molecular complexity index is 353. The molecule has 0 unspecified atom stereocenters. The van der Waals surface area contributed by atoms with Crippen molar-refractivity contribution in [3.63, 3.8) is 0 Å². The van der Waals surface area contributed by atoms with Gasteiger partial charge in [-0.1, -0.05) is 13.8 Å². The standard InChI is InChI=1S/C13H24N4/c1-6-17(9-13(4,5)8-14)12-15-10(2)7-11(3)16-12/h7H,6,8-9,14H2,1-5H3. The maximum atomic E-state index is 5.78. The van der Waals surface area contributed by atoms with Crippen molar-refractivity contribution in [1.82, 2.24) is 9.97 Å². The fourth-order valence-corrected chi connectivity index (χ4v) is 1.75. The molecule has 0 saturated heterocycles. The molecule has 0 aliphatic carbocycles. The van der Waals surface area contributed by atoms with Gasteiger partial charge in [0.1, 0.15) is 0 Å². The van der Waals surface area contributed by atoms with Crippen LogP contribution < -0.4 is 10.6 Å². The van der Waals surface area contributed by atoms with E-state index in [1.54, 1.807) is 0 Å². The van der Waals surface area contributed by atoms with Gasteiger partial charge < -0.3 is 10.6 Å². The van der Waals surface area contributed by atoms with E-state index >= 15 is 0 Å². The molecule has 0 amide bonds. The Kier molecular flexibility index (Phi) is 4.46. The summed E-state index contributed by atoms with van der Waals surface area (Å²) in [4.78, 5) is 11.2. The second-order valence-corrected chi connectivity index (χ2v) is 5.33. The van der Waals surface area contributed by atoms with Crippen molar-refractivity contribution in [1.29, 1.82) is 0 Å². The van der Waals surface area contributed by atoms with Crippen LogP contribution in [0.1, 0.15) is 32.2 Å².